The number of ketones is 1. The summed E-state index contributed by atoms with van der Waals surface area (Å²) in [7, 11) is 0. The molecule has 0 aliphatic heterocycles. The fourth-order valence-electron chi connectivity index (χ4n) is 1.45. The molecule has 0 aliphatic carbocycles. The van der Waals surface area contributed by atoms with Crippen LogP contribution in [0.4, 0.5) is 5.69 Å². The van der Waals surface area contributed by atoms with E-state index in [1.54, 1.807) is 30.3 Å². The first-order valence-corrected chi connectivity index (χ1v) is 7.26. The number of ether oxygens (including phenoxy) is 1. The fraction of sp³-hybridized carbons (Fsp3) is 0.0667. The SMILES string of the molecule is CC(=O)C(=NNc1ccccc1Cl)Oc1ccc(Br)cc1. The van der Waals surface area contributed by atoms with Gasteiger partial charge in [-0.3, -0.25) is 10.2 Å². The van der Waals surface area contributed by atoms with Gasteiger partial charge in [0.15, 0.2) is 0 Å². The third-order valence-electron chi connectivity index (χ3n) is 2.48. The molecule has 4 nitrogen and oxygen atoms in total. The Morgan fingerprint density at radius 3 is 2.48 bits per heavy atom. The number of anilines is 1. The van der Waals surface area contributed by atoms with Gasteiger partial charge in [-0.15, -0.1) is 5.10 Å². The normalized spacial score (nSPS) is 11.1. The van der Waals surface area contributed by atoms with E-state index in [1.165, 1.54) is 6.92 Å². The van der Waals surface area contributed by atoms with E-state index in [4.69, 9.17) is 16.3 Å². The molecule has 0 saturated carbocycles. The average molecular weight is 368 g/mol. The van der Waals surface area contributed by atoms with Crippen molar-refractivity contribution in [2.45, 2.75) is 6.92 Å². The molecule has 6 heteroatoms. The molecule has 0 heterocycles. The molecule has 0 unspecified atom stereocenters. The molecular formula is C15H12BrClN2O2. The second-order valence-corrected chi connectivity index (χ2v) is 5.44. The molecule has 0 aliphatic rings. The second kappa shape index (κ2) is 7.24. The van der Waals surface area contributed by atoms with E-state index in [2.05, 4.69) is 26.5 Å². The molecule has 0 amide bonds. The van der Waals surface area contributed by atoms with E-state index in [0.29, 0.717) is 16.5 Å². The number of carbonyl (C=O) groups is 1. The predicted molar refractivity (Wildman–Crippen MR) is 88.0 cm³/mol. The van der Waals surface area contributed by atoms with E-state index >= 15 is 0 Å². The van der Waals surface area contributed by atoms with Gasteiger partial charge in [-0.1, -0.05) is 39.7 Å². The highest BCUT2D eigenvalue weighted by molar-refractivity contribution is 9.10. The average Bonchev–Trinajstić information content (AvgIpc) is 2.46. The van der Waals surface area contributed by atoms with Crippen LogP contribution in [-0.4, -0.2) is 11.7 Å². The quantitative estimate of drug-likeness (QED) is 0.492. The maximum absolute atomic E-state index is 11.6. The molecule has 2 aromatic rings. The van der Waals surface area contributed by atoms with Gasteiger partial charge < -0.3 is 4.74 Å². The third-order valence-corrected chi connectivity index (χ3v) is 3.34. The van der Waals surface area contributed by atoms with Crippen molar-refractivity contribution in [1.82, 2.24) is 0 Å². The first kappa shape index (κ1) is 15.5. The minimum Gasteiger partial charge on any atom is -0.435 e. The summed E-state index contributed by atoms with van der Waals surface area (Å²) >= 11 is 9.33. The number of benzene rings is 2. The van der Waals surface area contributed by atoms with Crippen LogP contribution in [0.25, 0.3) is 0 Å². The van der Waals surface area contributed by atoms with Gasteiger partial charge in [0.1, 0.15) is 5.75 Å². The van der Waals surface area contributed by atoms with Crippen molar-refractivity contribution in [3.05, 3.63) is 58.0 Å². The van der Waals surface area contributed by atoms with Crippen LogP contribution >= 0.6 is 27.5 Å². The summed E-state index contributed by atoms with van der Waals surface area (Å²) in [5.41, 5.74) is 3.32. The molecule has 0 atom stereocenters. The summed E-state index contributed by atoms with van der Waals surface area (Å²) in [6.45, 7) is 1.38. The first-order valence-electron chi connectivity index (χ1n) is 6.09. The van der Waals surface area contributed by atoms with Gasteiger partial charge in [0, 0.05) is 11.4 Å². The summed E-state index contributed by atoms with van der Waals surface area (Å²) in [4.78, 5) is 11.6. The standard InChI is InChI=1S/C15H12BrClN2O2/c1-10(20)15(21-12-8-6-11(16)7-9-12)19-18-14-5-3-2-4-13(14)17/h2-9,18H,1H3. The highest BCUT2D eigenvalue weighted by Crippen LogP contribution is 2.21. The zero-order chi connectivity index (χ0) is 15.2. The van der Waals surface area contributed by atoms with Gasteiger partial charge in [-0.05, 0) is 36.4 Å². The van der Waals surface area contributed by atoms with Crippen LogP contribution in [0.15, 0.2) is 58.1 Å². The Morgan fingerprint density at radius 1 is 1.19 bits per heavy atom. The van der Waals surface area contributed by atoms with Crippen LogP contribution in [0.1, 0.15) is 6.92 Å². The van der Waals surface area contributed by atoms with Gasteiger partial charge in [0.25, 0.3) is 5.90 Å². The third kappa shape index (κ3) is 4.58. The minimum absolute atomic E-state index is 0.0442. The van der Waals surface area contributed by atoms with E-state index in [0.717, 1.165) is 4.47 Å². The Bertz CT molecular complexity index is 672. The molecule has 0 fully saturated rings. The number of nitrogens with zero attached hydrogens (tertiary/aromatic N) is 1. The van der Waals surface area contributed by atoms with E-state index < -0.39 is 0 Å². The largest absolute Gasteiger partial charge is 0.435 e. The van der Waals surface area contributed by atoms with Crippen molar-refractivity contribution < 1.29 is 9.53 Å². The van der Waals surface area contributed by atoms with E-state index in [-0.39, 0.29) is 11.7 Å². The summed E-state index contributed by atoms with van der Waals surface area (Å²) in [5.74, 6) is 0.183. The first-order chi connectivity index (χ1) is 10.1. The van der Waals surface area contributed by atoms with E-state index in [9.17, 15) is 4.79 Å². The lowest BCUT2D eigenvalue weighted by Crippen LogP contribution is -2.19. The number of halogens is 2. The number of hydrogen-bond acceptors (Lipinski definition) is 4. The van der Waals surface area contributed by atoms with Gasteiger partial charge in [0.2, 0.25) is 5.78 Å². The molecule has 108 valence electrons. The van der Waals surface area contributed by atoms with Crippen LogP contribution in [0.2, 0.25) is 5.02 Å². The molecule has 2 aromatic carbocycles. The van der Waals surface area contributed by atoms with Crippen molar-refractivity contribution in [2.75, 3.05) is 5.43 Å². The number of Topliss-reactive ketones (excluding diaryl/α,β-unsaturated/α-hetero) is 1. The summed E-state index contributed by atoms with van der Waals surface area (Å²) < 4.78 is 6.39. The number of nitrogens with one attached hydrogen (secondary N) is 1. The Kier molecular flexibility index (Phi) is 5.36. The molecule has 0 aromatic heterocycles. The van der Waals surface area contributed by atoms with Crippen molar-refractivity contribution in [2.24, 2.45) is 5.10 Å². The van der Waals surface area contributed by atoms with Crippen LogP contribution in [-0.2, 0) is 4.79 Å². The molecule has 0 spiro atoms. The van der Waals surface area contributed by atoms with Crippen molar-refractivity contribution >= 4 is 44.9 Å². The minimum atomic E-state index is -0.294. The van der Waals surface area contributed by atoms with Crippen LogP contribution in [0.3, 0.4) is 0 Å². The van der Waals surface area contributed by atoms with Crippen LogP contribution < -0.4 is 10.2 Å². The Balaban J connectivity index is 2.15. The van der Waals surface area contributed by atoms with Crippen LogP contribution in [0, 0.1) is 0 Å². The van der Waals surface area contributed by atoms with Crippen LogP contribution in [0.5, 0.6) is 5.75 Å². The highest BCUT2D eigenvalue weighted by Gasteiger charge is 2.09. The Hall–Kier alpha value is -1.85. The molecule has 21 heavy (non-hydrogen) atoms. The molecule has 0 radical (unpaired) electrons. The number of carbonyl (C=O) groups excluding carboxylic acids is 1. The van der Waals surface area contributed by atoms with Crippen molar-refractivity contribution in [3.8, 4) is 5.75 Å². The van der Waals surface area contributed by atoms with E-state index in [1.807, 2.05) is 18.2 Å². The summed E-state index contributed by atoms with van der Waals surface area (Å²) in [6.07, 6.45) is 0. The zero-order valence-corrected chi connectivity index (χ0v) is 13.5. The van der Waals surface area contributed by atoms with Gasteiger partial charge in [-0.2, -0.15) is 0 Å². The predicted octanol–water partition coefficient (Wildman–Crippen LogP) is 4.50. The lowest BCUT2D eigenvalue weighted by atomic mass is 10.3. The molecule has 1 N–H and O–H groups in total. The second-order valence-electron chi connectivity index (χ2n) is 4.12. The number of rotatable bonds is 4. The highest BCUT2D eigenvalue weighted by atomic mass is 79.9. The lowest BCUT2D eigenvalue weighted by molar-refractivity contribution is -0.111. The van der Waals surface area contributed by atoms with Gasteiger partial charge in [-0.25, -0.2) is 0 Å². The summed E-state index contributed by atoms with van der Waals surface area (Å²) in [5, 5.41) is 4.48. The smallest absolute Gasteiger partial charge is 0.280 e. The monoisotopic (exact) mass is 366 g/mol. The maximum atomic E-state index is 11.6. The Morgan fingerprint density at radius 2 is 1.86 bits per heavy atom. The molecular weight excluding hydrogens is 356 g/mol. The Labute approximate surface area is 135 Å². The van der Waals surface area contributed by atoms with Gasteiger partial charge >= 0.3 is 0 Å². The van der Waals surface area contributed by atoms with Crippen molar-refractivity contribution in [3.63, 3.8) is 0 Å². The van der Waals surface area contributed by atoms with Crippen molar-refractivity contribution in [1.29, 1.82) is 0 Å². The maximum Gasteiger partial charge on any atom is 0.280 e. The topological polar surface area (TPSA) is 50.7 Å². The fourth-order valence-corrected chi connectivity index (χ4v) is 1.89. The molecule has 0 bridgehead atoms. The molecule has 0 saturated heterocycles. The molecule has 2 rings (SSSR count). The zero-order valence-electron chi connectivity index (χ0n) is 11.1. The number of hydrazone groups is 1. The summed E-state index contributed by atoms with van der Waals surface area (Å²) in [6, 6.07) is 14.2. The van der Waals surface area contributed by atoms with Gasteiger partial charge in [0.05, 0.1) is 10.7 Å². The number of para-hydroxylation sites is 1. The number of hydrogen-bond donors (Lipinski definition) is 1. The lowest BCUT2D eigenvalue weighted by Gasteiger charge is -2.08.